The Hall–Kier alpha value is -1.58. The van der Waals surface area contributed by atoms with E-state index in [1.54, 1.807) is 0 Å². The first-order valence-electron chi connectivity index (χ1n) is 6.25. The van der Waals surface area contributed by atoms with E-state index in [1.807, 2.05) is 12.1 Å². The van der Waals surface area contributed by atoms with E-state index < -0.39 is 0 Å². The minimum Gasteiger partial charge on any atom is -0.486 e. The molecule has 0 aromatic heterocycles. The molecule has 1 aromatic rings. The molecule has 2 aliphatic rings. The Bertz CT molecular complexity index is 430. The highest BCUT2D eigenvalue weighted by Gasteiger charge is 2.30. The molecule has 4 heteroatoms. The summed E-state index contributed by atoms with van der Waals surface area (Å²) in [7, 11) is 0. The summed E-state index contributed by atoms with van der Waals surface area (Å²) >= 11 is 0. The molecule has 92 valence electrons. The van der Waals surface area contributed by atoms with Gasteiger partial charge < -0.3 is 20.1 Å². The van der Waals surface area contributed by atoms with E-state index in [0.29, 0.717) is 19.3 Å². The molecular weight excluding hydrogens is 216 g/mol. The lowest BCUT2D eigenvalue weighted by Gasteiger charge is -2.27. The molecular formula is C13H18N2O2. The van der Waals surface area contributed by atoms with Gasteiger partial charge in [-0.25, -0.2) is 0 Å². The van der Waals surface area contributed by atoms with E-state index in [4.69, 9.17) is 15.2 Å². The van der Waals surface area contributed by atoms with Gasteiger partial charge in [-0.2, -0.15) is 0 Å². The van der Waals surface area contributed by atoms with Crippen molar-refractivity contribution in [2.24, 2.45) is 0 Å². The van der Waals surface area contributed by atoms with Crippen LogP contribution in [0.4, 0.5) is 11.4 Å². The molecule has 1 fully saturated rings. The fraction of sp³-hybridized carbons (Fsp3) is 0.538. The molecule has 0 spiro atoms. The zero-order valence-corrected chi connectivity index (χ0v) is 10.1. The Kier molecular flexibility index (Phi) is 2.50. The molecule has 0 bridgehead atoms. The molecule has 0 radical (unpaired) electrons. The first kappa shape index (κ1) is 10.6. The highest BCUT2D eigenvalue weighted by molar-refractivity contribution is 5.74. The number of rotatable bonds is 3. The predicted molar refractivity (Wildman–Crippen MR) is 67.9 cm³/mol. The Morgan fingerprint density at radius 1 is 1.24 bits per heavy atom. The van der Waals surface area contributed by atoms with Crippen LogP contribution in [0.2, 0.25) is 0 Å². The summed E-state index contributed by atoms with van der Waals surface area (Å²) in [5.74, 6) is 1.59. The first-order chi connectivity index (χ1) is 8.29. The average Bonchev–Trinajstić information content (AvgIpc) is 3.15. The molecule has 0 saturated heterocycles. The number of nitrogen functional groups attached to an aromatic ring is 1. The van der Waals surface area contributed by atoms with Crippen molar-refractivity contribution < 1.29 is 9.47 Å². The van der Waals surface area contributed by atoms with Crippen LogP contribution in [-0.2, 0) is 0 Å². The zero-order valence-electron chi connectivity index (χ0n) is 10.1. The lowest BCUT2D eigenvalue weighted by Crippen LogP contribution is -2.26. The van der Waals surface area contributed by atoms with Crippen molar-refractivity contribution in [3.63, 3.8) is 0 Å². The van der Waals surface area contributed by atoms with Gasteiger partial charge in [0.1, 0.15) is 13.2 Å². The number of nitrogens with zero attached hydrogens (tertiary/aromatic N) is 1. The van der Waals surface area contributed by atoms with E-state index in [1.165, 1.54) is 12.8 Å². The van der Waals surface area contributed by atoms with Crippen LogP contribution in [0.3, 0.4) is 0 Å². The summed E-state index contributed by atoms with van der Waals surface area (Å²) in [4.78, 5) is 2.35. The van der Waals surface area contributed by atoms with Crippen LogP contribution in [0.5, 0.6) is 11.5 Å². The number of anilines is 2. The molecule has 1 aliphatic heterocycles. The van der Waals surface area contributed by atoms with Crippen LogP contribution >= 0.6 is 0 Å². The van der Waals surface area contributed by atoms with Crippen LogP contribution in [0.1, 0.15) is 19.8 Å². The van der Waals surface area contributed by atoms with Gasteiger partial charge in [0.2, 0.25) is 0 Å². The molecule has 0 amide bonds. The fourth-order valence-electron chi connectivity index (χ4n) is 2.35. The Labute approximate surface area is 101 Å². The van der Waals surface area contributed by atoms with Crippen molar-refractivity contribution in [1.82, 2.24) is 0 Å². The lowest BCUT2D eigenvalue weighted by molar-refractivity contribution is 0.172. The molecule has 2 N–H and O–H groups in total. The normalized spacial score (nSPS) is 17.9. The van der Waals surface area contributed by atoms with Gasteiger partial charge in [-0.05, 0) is 19.8 Å². The van der Waals surface area contributed by atoms with Gasteiger partial charge in [0.25, 0.3) is 0 Å². The summed E-state index contributed by atoms with van der Waals surface area (Å²) in [5, 5.41) is 0. The van der Waals surface area contributed by atoms with Gasteiger partial charge in [0, 0.05) is 24.7 Å². The third kappa shape index (κ3) is 1.88. The van der Waals surface area contributed by atoms with Gasteiger partial charge in [0.15, 0.2) is 11.5 Å². The topological polar surface area (TPSA) is 47.7 Å². The van der Waals surface area contributed by atoms with E-state index in [2.05, 4.69) is 11.8 Å². The van der Waals surface area contributed by atoms with E-state index in [-0.39, 0.29) is 0 Å². The van der Waals surface area contributed by atoms with Crippen molar-refractivity contribution in [3.8, 4) is 11.5 Å². The van der Waals surface area contributed by atoms with Crippen LogP contribution in [-0.4, -0.2) is 25.8 Å². The molecule has 4 nitrogen and oxygen atoms in total. The van der Waals surface area contributed by atoms with Crippen LogP contribution in [0.25, 0.3) is 0 Å². The molecule has 17 heavy (non-hydrogen) atoms. The number of benzene rings is 1. The third-order valence-electron chi connectivity index (χ3n) is 3.33. The van der Waals surface area contributed by atoms with E-state index in [9.17, 15) is 0 Å². The monoisotopic (exact) mass is 234 g/mol. The lowest BCUT2D eigenvalue weighted by atomic mass is 10.2. The fourth-order valence-corrected chi connectivity index (χ4v) is 2.35. The average molecular weight is 234 g/mol. The van der Waals surface area contributed by atoms with E-state index >= 15 is 0 Å². The predicted octanol–water partition coefficient (Wildman–Crippen LogP) is 2.03. The smallest absolute Gasteiger partial charge is 0.163 e. The van der Waals surface area contributed by atoms with Gasteiger partial charge >= 0.3 is 0 Å². The minimum absolute atomic E-state index is 0.603. The van der Waals surface area contributed by atoms with Gasteiger partial charge in [-0.1, -0.05) is 0 Å². The number of hydrogen-bond donors (Lipinski definition) is 1. The molecule has 0 atom stereocenters. The van der Waals surface area contributed by atoms with Crippen molar-refractivity contribution in [2.75, 3.05) is 30.4 Å². The molecule has 1 saturated carbocycles. The minimum atomic E-state index is 0.603. The maximum atomic E-state index is 6.11. The largest absolute Gasteiger partial charge is 0.486 e. The maximum absolute atomic E-state index is 6.11. The Morgan fingerprint density at radius 2 is 1.88 bits per heavy atom. The molecule has 3 rings (SSSR count). The Morgan fingerprint density at radius 3 is 2.47 bits per heavy atom. The summed E-state index contributed by atoms with van der Waals surface area (Å²) in [6.07, 6.45) is 2.53. The second kappa shape index (κ2) is 4.02. The van der Waals surface area contributed by atoms with Crippen molar-refractivity contribution >= 4 is 11.4 Å². The van der Waals surface area contributed by atoms with Gasteiger partial charge in [-0.3, -0.25) is 0 Å². The summed E-state index contributed by atoms with van der Waals surface area (Å²) < 4.78 is 11.1. The van der Waals surface area contributed by atoms with Gasteiger partial charge in [-0.15, -0.1) is 0 Å². The summed E-state index contributed by atoms with van der Waals surface area (Å²) in [6, 6.07) is 4.56. The van der Waals surface area contributed by atoms with Crippen LogP contribution in [0, 0.1) is 0 Å². The summed E-state index contributed by atoms with van der Waals surface area (Å²) in [5.41, 5.74) is 7.97. The zero-order chi connectivity index (χ0) is 11.8. The third-order valence-corrected chi connectivity index (χ3v) is 3.33. The van der Waals surface area contributed by atoms with Crippen molar-refractivity contribution in [1.29, 1.82) is 0 Å². The molecule has 1 aliphatic carbocycles. The number of fused-ring (bicyclic) bond motifs is 1. The molecule has 1 heterocycles. The number of nitrogens with two attached hydrogens (primary N) is 1. The van der Waals surface area contributed by atoms with E-state index in [0.717, 1.165) is 29.4 Å². The highest BCUT2D eigenvalue weighted by Crippen LogP contribution is 2.41. The summed E-state index contributed by atoms with van der Waals surface area (Å²) in [6.45, 7) is 4.36. The first-order valence-corrected chi connectivity index (χ1v) is 6.25. The standard InChI is InChI=1S/C13H18N2O2/c1-2-15(9-3-4-9)11-8-13-12(7-10(11)14)16-5-6-17-13/h7-9H,2-6,14H2,1H3. The van der Waals surface area contributed by atoms with Crippen LogP contribution in [0.15, 0.2) is 12.1 Å². The SMILES string of the molecule is CCN(c1cc2c(cc1N)OCCO2)C1CC1. The van der Waals surface area contributed by atoms with Crippen molar-refractivity contribution in [2.45, 2.75) is 25.8 Å². The van der Waals surface area contributed by atoms with Gasteiger partial charge in [0.05, 0.1) is 11.4 Å². The second-order valence-corrected chi connectivity index (χ2v) is 4.57. The van der Waals surface area contributed by atoms with Crippen molar-refractivity contribution in [3.05, 3.63) is 12.1 Å². The maximum Gasteiger partial charge on any atom is 0.163 e. The molecule has 1 aromatic carbocycles. The molecule has 0 unspecified atom stereocenters. The van der Waals surface area contributed by atoms with Crippen LogP contribution < -0.4 is 20.1 Å². The second-order valence-electron chi connectivity index (χ2n) is 4.57. The highest BCUT2D eigenvalue weighted by atomic mass is 16.6. The quantitative estimate of drug-likeness (QED) is 0.813. The number of ether oxygens (including phenoxy) is 2. The Balaban J connectivity index is 1.97. The number of hydrogen-bond acceptors (Lipinski definition) is 4.